The molecule has 0 bridgehead atoms. The maximum atomic E-state index is 13.3. The predicted molar refractivity (Wildman–Crippen MR) is 120 cm³/mol. The molecule has 1 N–H and O–H groups in total. The summed E-state index contributed by atoms with van der Waals surface area (Å²) in [4.78, 5) is 26.6. The van der Waals surface area contributed by atoms with Gasteiger partial charge in [0.25, 0.3) is 0 Å². The van der Waals surface area contributed by atoms with Gasteiger partial charge in [-0.2, -0.15) is 4.68 Å². The third kappa shape index (κ3) is 4.39. The summed E-state index contributed by atoms with van der Waals surface area (Å²) in [6, 6.07) is 17.2. The zero-order valence-electron chi connectivity index (χ0n) is 18.7. The minimum atomic E-state index is -0.454. The summed E-state index contributed by atoms with van der Waals surface area (Å²) in [6.07, 6.45) is 2.17. The van der Waals surface area contributed by atoms with Crippen LogP contribution < -0.4 is 5.32 Å². The Kier molecular flexibility index (Phi) is 6.03. The Bertz CT molecular complexity index is 1110. The summed E-state index contributed by atoms with van der Waals surface area (Å²) in [5.41, 5.74) is 2.49. The minimum absolute atomic E-state index is 0.0273. The monoisotopic (exact) mass is 432 g/mol. The van der Waals surface area contributed by atoms with Gasteiger partial charge in [0, 0.05) is 25.4 Å². The quantitative estimate of drug-likeness (QED) is 0.620. The molecule has 8 heteroatoms. The van der Waals surface area contributed by atoms with E-state index in [-0.39, 0.29) is 17.4 Å². The normalized spacial score (nSPS) is 18.9. The number of tetrazole rings is 1. The molecular weight excluding hydrogens is 404 g/mol. The van der Waals surface area contributed by atoms with E-state index in [1.165, 1.54) is 0 Å². The van der Waals surface area contributed by atoms with Crippen LogP contribution >= 0.6 is 0 Å². The number of para-hydroxylation sites is 1. The first-order chi connectivity index (χ1) is 15.4. The van der Waals surface area contributed by atoms with Gasteiger partial charge >= 0.3 is 0 Å². The molecule has 2 aromatic carbocycles. The van der Waals surface area contributed by atoms with Crippen LogP contribution in [0.5, 0.6) is 0 Å². The van der Waals surface area contributed by atoms with E-state index >= 15 is 0 Å². The summed E-state index contributed by atoms with van der Waals surface area (Å²) in [5, 5.41) is 15.5. The summed E-state index contributed by atoms with van der Waals surface area (Å²) in [5.74, 6) is 0.593. The molecule has 1 fully saturated rings. The van der Waals surface area contributed by atoms with E-state index in [0.29, 0.717) is 25.1 Å². The van der Waals surface area contributed by atoms with Crippen molar-refractivity contribution >= 4 is 11.8 Å². The lowest BCUT2D eigenvalue weighted by molar-refractivity contribution is -0.132. The second-order valence-electron chi connectivity index (χ2n) is 8.66. The largest absolute Gasteiger partial charge is 0.351 e. The first kappa shape index (κ1) is 21.7. The lowest BCUT2D eigenvalue weighted by Gasteiger charge is -2.30. The van der Waals surface area contributed by atoms with Crippen LogP contribution in [-0.2, 0) is 9.59 Å². The molecule has 8 nitrogen and oxygen atoms in total. The number of hydrogen-bond donors (Lipinski definition) is 1. The summed E-state index contributed by atoms with van der Waals surface area (Å²) >= 11 is 0. The van der Waals surface area contributed by atoms with E-state index in [9.17, 15) is 9.59 Å². The summed E-state index contributed by atoms with van der Waals surface area (Å²) in [7, 11) is 1.78. The van der Waals surface area contributed by atoms with E-state index in [1.54, 1.807) is 16.6 Å². The van der Waals surface area contributed by atoms with E-state index < -0.39 is 6.04 Å². The topological polar surface area (TPSA) is 93.0 Å². The molecule has 1 saturated heterocycles. The third-order valence-electron chi connectivity index (χ3n) is 6.21. The molecule has 166 valence electrons. The molecule has 1 aromatic heterocycles. The Morgan fingerprint density at radius 2 is 1.91 bits per heavy atom. The third-order valence-corrected chi connectivity index (χ3v) is 6.21. The van der Waals surface area contributed by atoms with E-state index in [0.717, 1.165) is 23.2 Å². The molecule has 0 saturated carbocycles. The van der Waals surface area contributed by atoms with E-state index in [4.69, 9.17) is 0 Å². The molecular formula is C24H28N6O2. The molecule has 2 amide bonds. The standard InChI is InChI=1S/C24H28N6O2/c1-17-9-7-8-12-19(17)30-23(26-27-28-30)22(18-10-5-4-6-11-18)29(3)21(32)14-16-24(2)15-13-20(31)25-24/h4-12,22H,13-16H2,1-3H3,(H,25,31)/t22-,24+/m0/s1. The first-order valence-corrected chi connectivity index (χ1v) is 10.8. The fourth-order valence-electron chi connectivity index (χ4n) is 4.26. The number of carbonyl (C=O) groups is 2. The SMILES string of the molecule is Cc1ccccc1-n1nnnc1[C@H](c1ccccc1)N(C)C(=O)CC[C@@]1(C)CCC(=O)N1. The van der Waals surface area contributed by atoms with Crippen LogP contribution in [-0.4, -0.2) is 49.5 Å². The number of aromatic nitrogens is 4. The smallest absolute Gasteiger partial charge is 0.223 e. The number of rotatable bonds is 7. The van der Waals surface area contributed by atoms with Crippen LogP contribution in [0.4, 0.5) is 0 Å². The number of nitrogens with one attached hydrogen (secondary N) is 1. The molecule has 3 aromatic rings. The van der Waals surface area contributed by atoms with Crippen LogP contribution in [0.1, 0.15) is 55.6 Å². The number of benzene rings is 2. The number of hydrogen-bond acceptors (Lipinski definition) is 5. The van der Waals surface area contributed by atoms with Gasteiger partial charge < -0.3 is 10.2 Å². The number of amides is 2. The van der Waals surface area contributed by atoms with Crippen molar-refractivity contribution in [2.45, 2.75) is 51.1 Å². The molecule has 4 rings (SSSR count). The van der Waals surface area contributed by atoms with Gasteiger partial charge in [-0.25, -0.2) is 0 Å². The number of aryl methyl sites for hydroxylation is 1. The Morgan fingerprint density at radius 1 is 1.19 bits per heavy atom. The number of carbonyl (C=O) groups excluding carboxylic acids is 2. The van der Waals surface area contributed by atoms with Crippen LogP contribution in [0.3, 0.4) is 0 Å². The average molecular weight is 433 g/mol. The highest BCUT2D eigenvalue weighted by Gasteiger charge is 2.35. The fourth-order valence-corrected chi connectivity index (χ4v) is 4.26. The second-order valence-corrected chi connectivity index (χ2v) is 8.66. The molecule has 0 radical (unpaired) electrons. The highest BCUT2D eigenvalue weighted by molar-refractivity contribution is 5.80. The van der Waals surface area contributed by atoms with Gasteiger partial charge in [0.2, 0.25) is 11.8 Å². The Labute approximate surface area is 187 Å². The van der Waals surface area contributed by atoms with Gasteiger partial charge in [0.1, 0.15) is 6.04 Å². The molecule has 1 aliphatic heterocycles. The molecule has 0 unspecified atom stereocenters. The van der Waals surface area contributed by atoms with Crippen molar-refractivity contribution in [3.8, 4) is 5.69 Å². The van der Waals surface area contributed by atoms with Crippen LogP contribution in [0.15, 0.2) is 54.6 Å². The van der Waals surface area contributed by atoms with Crippen molar-refractivity contribution in [2.24, 2.45) is 0 Å². The molecule has 0 aliphatic carbocycles. The van der Waals surface area contributed by atoms with Crippen LogP contribution in [0, 0.1) is 6.92 Å². The molecule has 2 atom stereocenters. The van der Waals surface area contributed by atoms with E-state index in [2.05, 4.69) is 20.8 Å². The molecule has 2 heterocycles. The maximum Gasteiger partial charge on any atom is 0.223 e. The zero-order valence-corrected chi connectivity index (χ0v) is 18.7. The van der Waals surface area contributed by atoms with Crippen molar-refractivity contribution < 1.29 is 9.59 Å². The Hall–Kier alpha value is -3.55. The first-order valence-electron chi connectivity index (χ1n) is 10.8. The lowest BCUT2D eigenvalue weighted by Crippen LogP contribution is -2.40. The molecule has 32 heavy (non-hydrogen) atoms. The Morgan fingerprint density at radius 3 is 2.59 bits per heavy atom. The lowest BCUT2D eigenvalue weighted by atomic mass is 9.93. The van der Waals surface area contributed by atoms with Gasteiger partial charge in [-0.1, -0.05) is 48.5 Å². The second kappa shape index (κ2) is 8.90. The summed E-state index contributed by atoms with van der Waals surface area (Å²) < 4.78 is 1.70. The van der Waals surface area contributed by atoms with Crippen molar-refractivity contribution in [3.05, 3.63) is 71.5 Å². The zero-order chi connectivity index (χ0) is 22.7. The van der Waals surface area contributed by atoms with Gasteiger partial charge in [-0.15, -0.1) is 5.10 Å². The fraction of sp³-hybridized carbons (Fsp3) is 0.375. The minimum Gasteiger partial charge on any atom is -0.351 e. The van der Waals surface area contributed by atoms with Crippen molar-refractivity contribution in [1.29, 1.82) is 0 Å². The predicted octanol–water partition coefficient (Wildman–Crippen LogP) is 2.97. The van der Waals surface area contributed by atoms with Gasteiger partial charge in [-0.3, -0.25) is 9.59 Å². The summed E-state index contributed by atoms with van der Waals surface area (Å²) in [6.45, 7) is 4.00. The van der Waals surface area contributed by atoms with Crippen molar-refractivity contribution in [2.75, 3.05) is 7.05 Å². The molecule has 1 aliphatic rings. The highest BCUT2D eigenvalue weighted by Crippen LogP contribution is 2.30. The van der Waals surface area contributed by atoms with Gasteiger partial charge in [0.05, 0.1) is 5.69 Å². The average Bonchev–Trinajstić information content (AvgIpc) is 3.40. The maximum absolute atomic E-state index is 13.3. The number of nitrogens with zero attached hydrogens (tertiary/aromatic N) is 5. The highest BCUT2D eigenvalue weighted by atomic mass is 16.2. The Balaban J connectivity index is 1.64. The van der Waals surface area contributed by atoms with Gasteiger partial charge in [0.15, 0.2) is 5.82 Å². The van der Waals surface area contributed by atoms with Crippen molar-refractivity contribution in [1.82, 2.24) is 30.4 Å². The molecule has 0 spiro atoms. The van der Waals surface area contributed by atoms with Gasteiger partial charge in [-0.05, 0) is 54.3 Å². The van der Waals surface area contributed by atoms with Crippen LogP contribution in [0.2, 0.25) is 0 Å². The van der Waals surface area contributed by atoms with Crippen molar-refractivity contribution in [3.63, 3.8) is 0 Å². The van der Waals surface area contributed by atoms with Crippen LogP contribution in [0.25, 0.3) is 5.69 Å². The van der Waals surface area contributed by atoms with E-state index in [1.807, 2.05) is 68.4 Å².